The Balaban J connectivity index is 1.42. The fourth-order valence-corrected chi connectivity index (χ4v) is 5.22. The second-order valence-electron chi connectivity index (χ2n) is 8.79. The monoisotopic (exact) mass is 491 g/mol. The molecule has 1 aliphatic rings. The van der Waals surface area contributed by atoms with E-state index in [-0.39, 0.29) is 4.90 Å². The van der Waals surface area contributed by atoms with Crippen LogP contribution in [0.2, 0.25) is 0 Å². The first-order valence-corrected chi connectivity index (χ1v) is 13.4. The Kier molecular flexibility index (Phi) is 6.29. The van der Waals surface area contributed by atoms with Crippen molar-refractivity contribution in [2.45, 2.75) is 44.6 Å². The Morgan fingerprint density at radius 2 is 1.63 bits per heavy atom. The van der Waals surface area contributed by atoms with Gasteiger partial charge in [-0.15, -0.1) is 0 Å². The van der Waals surface area contributed by atoms with E-state index in [1.54, 1.807) is 42.6 Å². The van der Waals surface area contributed by atoms with Crippen LogP contribution in [-0.2, 0) is 16.6 Å². The second kappa shape index (κ2) is 9.53. The number of hydrogen-bond donors (Lipinski definition) is 2. The van der Waals surface area contributed by atoms with E-state index in [2.05, 4.69) is 27.0 Å². The van der Waals surface area contributed by atoms with Crippen LogP contribution in [0.25, 0.3) is 11.0 Å². The van der Waals surface area contributed by atoms with Crippen molar-refractivity contribution in [1.29, 1.82) is 0 Å². The van der Waals surface area contributed by atoms with Gasteiger partial charge in [0, 0.05) is 31.0 Å². The molecule has 1 aliphatic heterocycles. The van der Waals surface area contributed by atoms with E-state index >= 15 is 0 Å². The Hall–Kier alpha value is -3.66. The van der Waals surface area contributed by atoms with Crippen molar-refractivity contribution in [3.63, 3.8) is 0 Å². The average Bonchev–Trinajstić information content (AvgIpc) is 3.52. The predicted molar refractivity (Wildman–Crippen MR) is 139 cm³/mol. The third-order valence-electron chi connectivity index (χ3n) is 6.04. The summed E-state index contributed by atoms with van der Waals surface area (Å²) in [6.45, 7) is 6.72. The van der Waals surface area contributed by atoms with Crippen molar-refractivity contribution < 1.29 is 8.42 Å². The molecule has 35 heavy (non-hydrogen) atoms. The second-order valence-corrected chi connectivity index (χ2v) is 10.5. The first-order valence-electron chi connectivity index (χ1n) is 11.9. The van der Waals surface area contributed by atoms with E-state index in [1.807, 2.05) is 23.7 Å². The highest BCUT2D eigenvalue weighted by atomic mass is 32.2. The molecule has 0 amide bonds. The molecule has 2 aromatic heterocycles. The molecular weight excluding hydrogens is 462 g/mol. The minimum Gasteiger partial charge on any atom is -0.341 e. The lowest BCUT2D eigenvalue weighted by atomic mass is 10.2. The van der Waals surface area contributed by atoms with E-state index in [4.69, 9.17) is 9.97 Å². The van der Waals surface area contributed by atoms with E-state index in [1.165, 1.54) is 0 Å². The van der Waals surface area contributed by atoms with Crippen molar-refractivity contribution in [2.24, 2.45) is 0 Å². The van der Waals surface area contributed by atoms with Gasteiger partial charge in [-0.3, -0.25) is 4.72 Å². The molecule has 0 spiro atoms. The first kappa shape index (κ1) is 23.1. The maximum Gasteiger partial charge on any atom is 0.261 e. The fourth-order valence-electron chi connectivity index (χ4n) is 4.16. The minimum absolute atomic E-state index is 0.185. The topological polar surface area (TPSA) is 105 Å². The lowest BCUT2D eigenvalue weighted by Gasteiger charge is -2.17. The Labute approximate surface area is 205 Å². The van der Waals surface area contributed by atoms with Gasteiger partial charge in [-0.1, -0.05) is 24.6 Å². The van der Waals surface area contributed by atoms with Crippen LogP contribution in [0.4, 0.5) is 23.1 Å². The van der Waals surface area contributed by atoms with Crippen molar-refractivity contribution in [3.05, 3.63) is 60.3 Å². The maximum absolute atomic E-state index is 12.8. The number of hydrogen-bond acceptors (Lipinski definition) is 7. The van der Waals surface area contributed by atoms with E-state index in [0.717, 1.165) is 61.2 Å². The number of nitrogens with zero attached hydrogens (tertiary/aromatic N) is 5. The van der Waals surface area contributed by atoms with Crippen LogP contribution in [0.1, 0.15) is 31.7 Å². The molecule has 3 heterocycles. The number of fused-ring (bicyclic) bond motifs is 1. The molecule has 1 fully saturated rings. The molecule has 182 valence electrons. The summed E-state index contributed by atoms with van der Waals surface area (Å²) < 4.78 is 30.2. The molecule has 0 bridgehead atoms. The smallest absolute Gasteiger partial charge is 0.261 e. The number of nitrogens with one attached hydrogen (secondary N) is 2. The van der Waals surface area contributed by atoms with Crippen molar-refractivity contribution in [2.75, 3.05) is 28.0 Å². The SMILES string of the molecule is CCCn1ncc2c(Nc3ccc(S(=O)(=O)Nc4ccc(C)cc4)cc3)nc(N3CCCC3)nc21. The van der Waals surface area contributed by atoms with Gasteiger partial charge in [0.15, 0.2) is 5.65 Å². The van der Waals surface area contributed by atoms with Gasteiger partial charge in [-0.2, -0.15) is 15.1 Å². The highest BCUT2D eigenvalue weighted by Gasteiger charge is 2.20. The van der Waals surface area contributed by atoms with Crippen LogP contribution in [0.5, 0.6) is 0 Å². The Bertz CT molecular complexity index is 1430. The zero-order valence-electron chi connectivity index (χ0n) is 19.9. The molecule has 0 saturated carbocycles. The van der Waals surface area contributed by atoms with E-state index in [0.29, 0.717) is 17.5 Å². The quantitative estimate of drug-likeness (QED) is 0.368. The fraction of sp³-hybridized carbons (Fsp3) is 0.320. The Morgan fingerprint density at radius 1 is 0.943 bits per heavy atom. The third kappa shape index (κ3) is 4.93. The summed E-state index contributed by atoms with van der Waals surface area (Å²) in [6.07, 6.45) is 5.00. The molecule has 0 atom stereocenters. The normalized spacial score (nSPS) is 13.9. The number of anilines is 4. The number of sulfonamides is 1. The molecular formula is C25H29N7O2S. The molecule has 0 unspecified atom stereocenters. The van der Waals surface area contributed by atoms with Crippen LogP contribution in [0, 0.1) is 6.92 Å². The van der Waals surface area contributed by atoms with Crippen LogP contribution < -0.4 is 14.9 Å². The molecule has 5 rings (SSSR count). The summed E-state index contributed by atoms with van der Waals surface area (Å²) in [5.41, 5.74) is 3.12. The van der Waals surface area contributed by atoms with Crippen LogP contribution in [-0.4, -0.2) is 41.3 Å². The third-order valence-corrected chi connectivity index (χ3v) is 7.44. The molecule has 0 radical (unpaired) electrons. The number of aryl methyl sites for hydroxylation is 2. The van der Waals surface area contributed by atoms with Gasteiger partial charge in [0.05, 0.1) is 16.5 Å². The van der Waals surface area contributed by atoms with Crippen molar-refractivity contribution >= 4 is 44.2 Å². The summed E-state index contributed by atoms with van der Waals surface area (Å²) in [6, 6.07) is 13.9. The van der Waals surface area contributed by atoms with Gasteiger partial charge in [0.1, 0.15) is 5.82 Å². The molecule has 0 aliphatic carbocycles. The van der Waals surface area contributed by atoms with Crippen LogP contribution in [0.15, 0.2) is 59.6 Å². The van der Waals surface area contributed by atoms with Gasteiger partial charge in [0.2, 0.25) is 5.95 Å². The van der Waals surface area contributed by atoms with Gasteiger partial charge in [-0.25, -0.2) is 13.1 Å². The summed E-state index contributed by atoms with van der Waals surface area (Å²) in [4.78, 5) is 12.0. The number of benzene rings is 2. The lowest BCUT2D eigenvalue weighted by Crippen LogP contribution is -2.21. The summed E-state index contributed by atoms with van der Waals surface area (Å²) in [5, 5.41) is 8.70. The highest BCUT2D eigenvalue weighted by Crippen LogP contribution is 2.28. The molecule has 10 heteroatoms. The minimum atomic E-state index is -3.69. The molecule has 1 saturated heterocycles. The van der Waals surface area contributed by atoms with E-state index < -0.39 is 10.0 Å². The summed E-state index contributed by atoms with van der Waals surface area (Å²) >= 11 is 0. The molecule has 9 nitrogen and oxygen atoms in total. The van der Waals surface area contributed by atoms with Crippen molar-refractivity contribution in [1.82, 2.24) is 19.7 Å². The largest absolute Gasteiger partial charge is 0.341 e. The van der Waals surface area contributed by atoms with Crippen LogP contribution in [0.3, 0.4) is 0 Å². The molecule has 2 aromatic carbocycles. The molecule has 2 N–H and O–H groups in total. The van der Waals surface area contributed by atoms with Gasteiger partial charge in [0.25, 0.3) is 10.0 Å². The van der Waals surface area contributed by atoms with Gasteiger partial charge in [-0.05, 0) is 62.6 Å². The first-order chi connectivity index (χ1) is 16.9. The predicted octanol–water partition coefficient (Wildman–Crippen LogP) is 4.69. The summed E-state index contributed by atoms with van der Waals surface area (Å²) in [5.74, 6) is 1.35. The molecule has 4 aromatic rings. The Morgan fingerprint density at radius 3 is 2.31 bits per heavy atom. The number of rotatable bonds is 8. The van der Waals surface area contributed by atoms with Crippen LogP contribution >= 0.6 is 0 Å². The average molecular weight is 492 g/mol. The van der Waals surface area contributed by atoms with Gasteiger partial charge >= 0.3 is 0 Å². The zero-order valence-corrected chi connectivity index (χ0v) is 20.7. The standard InChI is InChI=1S/C25H29N7O2S/c1-3-14-32-24-22(17-26-32)23(28-25(29-24)31-15-4-5-16-31)27-19-10-12-21(13-11-19)35(33,34)30-20-8-6-18(2)7-9-20/h6-13,17,30H,3-5,14-16H2,1-2H3,(H,27,28,29). The summed E-state index contributed by atoms with van der Waals surface area (Å²) in [7, 11) is -3.69. The highest BCUT2D eigenvalue weighted by molar-refractivity contribution is 7.92. The van der Waals surface area contributed by atoms with Gasteiger partial charge < -0.3 is 10.2 Å². The number of aromatic nitrogens is 4. The van der Waals surface area contributed by atoms with E-state index in [9.17, 15) is 8.42 Å². The lowest BCUT2D eigenvalue weighted by molar-refractivity contribution is 0.601. The zero-order chi connectivity index (χ0) is 24.4. The maximum atomic E-state index is 12.8. The van der Waals surface area contributed by atoms with Crippen molar-refractivity contribution in [3.8, 4) is 0 Å².